The van der Waals surface area contributed by atoms with Gasteiger partial charge in [-0.15, -0.1) is 0 Å². The van der Waals surface area contributed by atoms with E-state index in [0.29, 0.717) is 5.92 Å². The molecule has 0 aliphatic carbocycles. The molecular formula is C22H26FN5. The number of nitrogens with zero attached hydrogens (tertiary/aromatic N) is 4. The third-order valence-corrected chi connectivity index (χ3v) is 5.34. The normalized spacial score (nSPS) is 17.6. The van der Waals surface area contributed by atoms with Gasteiger partial charge in [0.25, 0.3) is 0 Å². The summed E-state index contributed by atoms with van der Waals surface area (Å²) >= 11 is 0. The molecular weight excluding hydrogens is 353 g/mol. The SMILES string of the molecule is Cc1cc(Nc2ccc(F)cc2)cc(C2CCCN(Cc3ccnn3C)C2)n1. The van der Waals surface area contributed by atoms with E-state index in [4.69, 9.17) is 4.98 Å². The summed E-state index contributed by atoms with van der Waals surface area (Å²) in [4.78, 5) is 7.31. The molecule has 2 aromatic heterocycles. The van der Waals surface area contributed by atoms with Crippen LogP contribution in [0.15, 0.2) is 48.7 Å². The van der Waals surface area contributed by atoms with Gasteiger partial charge in [0, 0.05) is 55.0 Å². The van der Waals surface area contributed by atoms with Crippen LogP contribution in [0, 0.1) is 12.7 Å². The lowest BCUT2D eigenvalue weighted by Crippen LogP contribution is -2.34. The third-order valence-electron chi connectivity index (χ3n) is 5.34. The predicted molar refractivity (Wildman–Crippen MR) is 109 cm³/mol. The van der Waals surface area contributed by atoms with Gasteiger partial charge in [0.2, 0.25) is 0 Å². The Bertz CT molecular complexity index is 934. The molecule has 1 aliphatic heterocycles. The van der Waals surface area contributed by atoms with Gasteiger partial charge in [0.05, 0.1) is 5.69 Å². The molecule has 4 rings (SSSR count). The zero-order valence-corrected chi connectivity index (χ0v) is 16.4. The van der Waals surface area contributed by atoms with Crippen LogP contribution in [0.2, 0.25) is 0 Å². The van der Waals surface area contributed by atoms with Crippen LogP contribution in [0.1, 0.15) is 35.8 Å². The molecule has 6 heteroatoms. The Morgan fingerprint density at radius 3 is 2.71 bits per heavy atom. The summed E-state index contributed by atoms with van der Waals surface area (Å²) in [6.07, 6.45) is 4.17. The van der Waals surface area contributed by atoms with Gasteiger partial charge in [-0.25, -0.2) is 4.39 Å². The first kappa shape index (κ1) is 18.6. The fourth-order valence-electron chi connectivity index (χ4n) is 3.90. The second-order valence-corrected chi connectivity index (χ2v) is 7.57. The average Bonchev–Trinajstić information content (AvgIpc) is 3.08. The highest BCUT2D eigenvalue weighted by atomic mass is 19.1. The van der Waals surface area contributed by atoms with Crippen LogP contribution < -0.4 is 5.32 Å². The van der Waals surface area contributed by atoms with Crippen molar-refractivity contribution in [1.29, 1.82) is 0 Å². The minimum absolute atomic E-state index is 0.229. The number of pyridine rings is 1. The first-order valence-electron chi connectivity index (χ1n) is 9.77. The lowest BCUT2D eigenvalue weighted by Gasteiger charge is -2.32. The van der Waals surface area contributed by atoms with Crippen molar-refractivity contribution in [3.63, 3.8) is 0 Å². The fourth-order valence-corrected chi connectivity index (χ4v) is 3.90. The van der Waals surface area contributed by atoms with Crippen LogP contribution in [0.4, 0.5) is 15.8 Å². The fraction of sp³-hybridized carbons (Fsp3) is 0.364. The van der Waals surface area contributed by atoms with E-state index in [1.807, 2.05) is 30.9 Å². The highest BCUT2D eigenvalue weighted by molar-refractivity contribution is 5.60. The first-order chi connectivity index (χ1) is 13.6. The molecule has 0 bridgehead atoms. The highest BCUT2D eigenvalue weighted by Gasteiger charge is 2.23. The number of aryl methyl sites for hydroxylation is 2. The van der Waals surface area contributed by atoms with Gasteiger partial charge in [-0.1, -0.05) is 0 Å². The molecule has 5 nitrogen and oxygen atoms in total. The number of hydrogen-bond donors (Lipinski definition) is 1. The molecule has 1 unspecified atom stereocenters. The van der Waals surface area contributed by atoms with Crippen LogP contribution in [-0.4, -0.2) is 32.8 Å². The number of nitrogens with one attached hydrogen (secondary N) is 1. The number of rotatable bonds is 5. The topological polar surface area (TPSA) is 46.0 Å². The molecule has 1 atom stereocenters. The van der Waals surface area contributed by atoms with Gasteiger partial charge in [-0.05, 0) is 68.8 Å². The Morgan fingerprint density at radius 2 is 1.96 bits per heavy atom. The van der Waals surface area contributed by atoms with Crippen LogP contribution in [0.3, 0.4) is 0 Å². The van der Waals surface area contributed by atoms with E-state index >= 15 is 0 Å². The molecule has 1 saturated heterocycles. The molecule has 3 aromatic rings. The monoisotopic (exact) mass is 379 g/mol. The summed E-state index contributed by atoms with van der Waals surface area (Å²) in [6.45, 7) is 5.04. The van der Waals surface area contributed by atoms with E-state index < -0.39 is 0 Å². The van der Waals surface area contributed by atoms with Crippen molar-refractivity contribution in [3.05, 3.63) is 71.6 Å². The highest BCUT2D eigenvalue weighted by Crippen LogP contribution is 2.29. The Labute approximate surface area is 165 Å². The molecule has 28 heavy (non-hydrogen) atoms. The lowest BCUT2D eigenvalue weighted by molar-refractivity contribution is 0.194. The Kier molecular flexibility index (Phi) is 5.39. The summed E-state index contributed by atoms with van der Waals surface area (Å²) in [5.41, 5.74) is 5.22. The molecule has 1 aromatic carbocycles. The van der Waals surface area contributed by atoms with Crippen LogP contribution in [0.5, 0.6) is 0 Å². The number of piperidine rings is 1. The van der Waals surface area contributed by atoms with Gasteiger partial charge in [0.1, 0.15) is 5.82 Å². The van der Waals surface area contributed by atoms with E-state index in [-0.39, 0.29) is 5.82 Å². The van der Waals surface area contributed by atoms with Gasteiger partial charge in [0.15, 0.2) is 0 Å². The molecule has 3 heterocycles. The molecule has 146 valence electrons. The van der Waals surface area contributed by atoms with Gasteiger partial charge in [-0.2, -0.15) is 5.10 Å². The quantitative estimate of drug-likeness (QED) is 0.714. The van der Waals surface area contributed by atoms with Crippen LogP contribution in [0.25, 0.3) is 0 Å². The molecule has 1 N–H and O–H groups in total. The summed E-state index contributed by atoms with van der Waals surface area (Å²) in [7, 11) is 1.99. The third kappa shape index (κ3) is 4.39. The minimum Gasteiger partial charge on any atom is -0.355 e. The number of anilines is 2. The molecule has 1 fully saturated rings. The molecule has 0 saturated carbocycles. The number of aromatic nitrogens is 3. The smallest absolute Gasteiger partial charge is 0.123 e. The van der Waals surface area contributed by atoms with Crippen molar-refractivity contribution < 1.29 is 4.39 Å². The largest absolute Gasteiger partial charge is 0.355 e. The number of hydrogen-bond acceptors (Lipinski definition) is 4. The summed E-state index contributed by atoms with van der Waals surface area (Å²) in [5.74, 6) is 0.184. The molecule has 0 amide bonds. The van der Waals surface area contributed by atoms with E-state index in [0.717, 1.165) is 48.8 Å². The number of halogens is 1. The first-order valence-corrected chi connectivity index (χ1v) is 9.77. The lowest BCUT2D eigenvalue weighted by atomic mass is 9.93. The number of likely N-dealkylation sites (tertiary alicyclic amines) is 1. The van der Waals surface area contributed by atoms with Crippen molar-refractivity contribution in [2.45, 2.75) is 32.2 Å². The van der Waals surface area contributed by atoms with E-state index in [2.05, 4.69) is 27.4 Å². The Balaban J connectivity index is 1.49. The second-order valence-electron chi connectivity index (χ2n) is 7.57. The maximum atomic E-state index is 13.1. The van der Waals surface area contributed by atoms with Gasteiger partial charge < -0.3 is 5.32 Å². The zero-order valence-electron chi connectivity index (χ0n) is 16.4. The second kappa shape index (κ2) is 8.10. The number of benzene rings is 1. The maximum Gasteiger partial charge on any atom is 0.123 e. The summed E-state index contributed by atoms with van der Waals surface area (Å²) in [6, 6.07) is 12.7. The molecule has 0 radical (unpaired) electrons. The Morgan fingerprint density at radius 1 is 1.14 bits per heavy atom. The minimum atomic E-state index is -0.229. The van der Waals surface area contributed by atoms with Crippen molar-refractivity contribution >= 4 is 11.4 Å². The van der Waals surface area contributed by atoms with Crippen molar-refractivity contribution in [1.82, 2.24) is 19.7 Å². The predicted octanol–water partition coefficient (Wildman–Crippen LogP) is 4.39. The van der Waals surface area contributed by atoms with Gasteiger partial charge >= 0.3 is 0 Å². The van der Waals surface area contributed by atoms with Crippen LogP contribution in [-0.2, 0) is 13.6 Å². The van der Waals surface area contributed by atoms with Crippen molar-refractivity contribution in [2.75, 3.05) is 18.4 Å². The van der Waals surface area contributed by atoms with E-state index in [1.54, 1.807) is 12.1 Å². The van der Waals surface area contributed by atoms with E-state index in [1.165, 1.54) is 24.2 Å². The van der Waals surface area contributed by atoms with E-state index in [9.17, 15) is 4.39 Å². The molecule has 1 aliphatic rings. The maximum absolute atomic E-state index is 13.1. The molecule has 0 spiro atoms. The standard InChI is InChI=1S/C22H26FN5/c1-16-12-20(26-19-7-5-18(23)6-8-19)13-22(25-16)17-4-3-11-28(14-17)15-21-9-10-24-27(21)2/h5-10,12-13,17H,3-4,11,14-15H2,1-2H3,(H,25,26). The average molecular weight is 379 g/mol. The zero-order chi connectivity index (χ0) is 19.5. The summed E-state index contributed by atoms with van der Waals surface area (Å²) < 4.78 is 15.1. The summed E-state index contributed by atoms with van der Waals surface area (Å²) in [5, 5.41) is 7.65. The van der Waals surface area contributed by atoms with Crippen LogP contribution >= 0.6 is 0 Å². The Hall–Kier alpha value is -2.73. The van der Waals surface area contributed by atoms with Crippen molar-refractivity contribution in [3.8, 4) is 0 Å². The van der Waals surface area contributed by atoms with Gasteiger partial charge in [-0.3, -0.25) is 14.6 Å². The van der Waals surface area contributed by atoms with Crippen molar-refractivity contribution in [2.24, 2.45) is 7.05 Å².